The van der Waals surface area contributed by atoms with Gasteiger partial charge in [0, 0.05) is 70.9 Å². The van der Waals surface area contributed by atoms with Crippen molar-refractivity contribution >= 4 is 23.5 Å². The van der Waals surface area contributed by atoms with Crippen molar-refractivity contribution in [1.29, 1.82) is 0 Å². The number of aromatic nitrogens is 2. The van der Waals surface area contributed by atoms with E-state index in [2.05, 4.69) is 37.6 Å². The van der Waals surface area contributed by atoms with Crippen LogP contribution in [0.15, 0.2) is 41.1 Å². The summed E-state index contributed by atoms with van der Waals surface area (Å²) in [6.45, 7) is 8.55. The smallest absolute Gasteiger partial charge is 0.251 e. The van der Waals surface area contributed by atoms with E-state index in [9.17, 15) is 14.7 Å². The molecule has 1 atom stereocenters. The number of aryl methyl sites for hydroxylation is 1. The second kappa shape index (κ2) is 13.9. The SMILES string of the molecule is CC(=O)N1CCN(c2cc(C(=O)NCC(O)CN3CCc4cc(OCc5ocnc5C)ccc4C3)cc(NC3CCC3)n2)CC1. The predicted octanol–water partition coefficient (Wildman–Crippen LogP) is 2.74. The number of benzene rings is 1. The van der Waals surface area contributed by atoms with Crippen molar-refractivity contribution in [3.8, 4) is 5.75 Å². The van der Waals surface area contributed by atoms with Crippen LogP contribution >= 0.6 is 0 Å². The Hall–Kier alpha value is -4.16. The van der Waals surface area contributed by atoms with E-state index >= 15 is 0 Å². The van der Waals surface area contributed by atoms with Gasteiger partial charge in [-0.05, 0) is 68.0 Å². The van der Waals surface area contributed by atoms with E-state index in [-0.39, 0.29) is 18.4 Å². The largest absolute Gasteiger partial charge is 0.486 e. The highest BCUT2D eigenvalue weighted by molar-refractivity contribution is 5.95. The van der Waals surface area contributed by atoms with Gasteiger partial charge in [0.1, 0.15) is 24.0 Å². The fraction of sp³-hybridized carbons (Fsp3) is 0.515. The van der Waals surface area contributed by atoms with Crippen LogP contribution in [-0.4, -0.2) is 94.6 Å². The Balaban J connectivity index is 1.02. The van der Waals surface area contributed by atoms with Crippen LogP contribution < -0.4 is 20.3 Å². The maximum Gasteiger partial charge on any atom is 0.251 e. The topological polar surface area (TPSA) is 136 Å². The number of rotatable bonds is 11. The highest BCUT2D eigenvalue weighted by Crippen LogP contribution is 2.27. The lowest BCUT2D eigenvalue weighted by molar-refractivity contribution is -0.129. The molecule has 2 aliphatic heterocycles. The van der Waals surface area contributed by atoms with Crippen molar-refractivity contribution in [1.82, 2.24) is 25.1 Å². The first kappa shape index (κ1) is 30.8. The number of ether oxygens (including phenoxy) is 1. The number of piperazine rings is 1. The quantitative estimate of drug-likeness (QED) is 0.295. The predicted molar refractivity (Wildman–Crippen MR) is 169 cm³/mol. The first-order valence-corrected chi connectivity index (χ1v) is 15.9. The van der Waals surface area contributed by atoms with E-state index in [1.807, 2.05) is 24.0 Å². The first-order valence-electron chi connectivity index (χ1n) is 15.9. The molecule has 3 aliphatic rings. The molecule has 2 fully saturated rings. The van der Waals surface area contributed by atoms with Gasteiger partial charge < -0.3 is 34.7 Å². The summed E-state index contributed by atoms with van der Waals surface area (Å²) in [7, 11) is 0. The third kappa shape index (κ3) is 7.74. The molecule has 45 heavy (non-hydrogen) atoms. The van der Waals surface area contributed by atoms with Crippen LogP contribution in [0.25, 0.3) is 0 Å². The molecule has 1 saturated heterocycles. The molecule has 3 aromatic rings. The lowest BCUT2D eigenvalue weighted by atomic mass is 9.93. The van der Waals surface area contributed by atoms with Gasteiger partial charge in [-0.3, -0.25) is 14.5 Å². The van der Waals surface area contributed by atoms with E-state index < -0.39 is 6.10 Å². The molecule has 1 unspecified atom stereocenters. The van der Waals surface area contributed by atoms with Crippen molar-refractivity contribution < 1.29 is 23.8 Å². The van der Waals surface area contributed by atoms with E-state index in [0.717, 1.165) is 55.4 Å². The molecular formula is C33H43N7O5. The molecule has 0 bridgehead atoms. The van der Waals surface area contributed by atoms with Gasteiger partial charge in [-0.2, -0.15) is 0 Å². The number of hydrogen-bond acceptors (Lipinski definition) is 10. The number of oxazole rings is 1. The van der Waals surface area contributed by atoms with Crippen molar-refractivity contribution in [2.45, 2.75) is 64.8 Å². The number of amides is 2. The highest BCUT2D eigenvalue weighted by Gasteiger charge is 2.24. The van der Waals surface area contributed by atoms with Gasteiger partial charge in [0.05, 0.1) is 11.8 Å². The molecular weight excluding hydrogens is 574 g/mol. The summed E-state index contributed by atoms with van der Waals surface area (Å²) in [6, 6.07) is 10.1. The minimum atomic E-state index is -0.711. The maximum absolute atomic E-state index is 13.3. The molecule has 1 aromatic carbocycles. The van der Waals surface area contributed by atoms with E-state index in [0.29, 0.717) is 56.8 Å². The van der Waals surface area contributed by atoms with Crippen LogP contribution in [0.4, 0.5) is 11.6 Å². The van der Waals surface area contributed by atoms with Crippen molar-refractivity contribution in [3.63, 3.8) is 0 Å². The summed E-state index contributed by atoms with van der Waals surface area (Å²) in [5.74, 6) is 2.76. The Morgan fingerprint density at radius 3 is 2.64 bits per heavy atom. The lowest BCUT2D eigenvalue weighted by Crippen LogP contribution is -2.48. The normalized spacial score (nSPS) is 17.8. The molecule has 6 rings (SSSR count). The number of nitrogens with one attached hydrogen (secondary N) is 2. The maximum atomic E-state index is 13.3. The standard InChI is InChI=1S/C33H43N7O5/c1-22-30(45-21-35-22)20-44-29-7-6-25-18-38(9-8-24(25)14-29)19-28(42)17-34-33(43)26-15-31(36-27-4-3-5-27)37-32(16-26)40-12-10-39(11-13-40)23(2)41/h6-7,14-16,21,27-28,42H,3-5,8-13,17-20H2,1-2H3,(H,34,43)(H,36,37). The molecule has 12 heteroatoms. The molecule has 240 valence electrons. The summed E-state index contributed by atoms with van der Waals surface area (Å²) < 4.78 is 11.3. The van der Waals surface area contributed by atoms with E-state index in [1.165, 1.54) is 23.9 Å². The Bertz CT molecular complexity index is 1500. The van der Waals surface area contributed by atoms with Crippen molar-refractivity contribution in [3.05, 3.63) is 64.9 Å². The second-order valence-corrected chi connectivity index (χ2v) is 12.3. The summed E-state index contributed by atoms with van der Waals surface area (Å²) in [6.07, 6.45) is 4.95. The summed E-state index contributed by atoms with van der Waals surface area (Å²) in [5.41, 5.74) is 3.78. The van der Waals surface area contributed by atoms with Gasteiger partial charge in [-0.1, -0.05) is 6.07 Å². The highest BCUT2D eigenvalue weighted by atomic mass is 16.5. The Kier molecular flexibility index (Phi) is 9.50. The second-order valence-electron chi connectivity index (χ2n) is 12.3. The van der Waals surface area contributed by atoms with Crippen LogP contribution in [0, 0.1) is 6.92 Å². The zero-order chi connectivity index (χ0) is 31.3. The first-order chi connectivity index (χ1) is 21.8. The number of β-amino-alcohol motifs (C(OH)–C–C–N with tert-alkyl or cyclic N) is 1. The zero-order valence-electron chi connectivity index (χ0n) is 26.1. The van der Waals surface area contributed by atoms with Crippen molar-refractivity contribution in [2.24, 2.45) is 0 Å². The molecule has 0 radical (unpaired) electrons. The van der Waals surface area contributed by atoms with E-state index in [4.69, 9.17) is 14.1 Å². The minimum absolute atomic E-state index is 0.0735. The third-order valence-electron chi connectivity index (χ3n) is 9.03. The third-order valence-corrected chi connectivity index (χ3v) is 9.03. The number of nitrogens with zero attached hydrogens (tertiary/aromatic N) is 5. The number of carbonyl (C=O) groups is 2. The molecule has 2 aromatic heterocycles. The Labute approximate surface area is 263 Å². The van der Waals surface area contributed by atoms with Crippen molar-refractivity contribution in [2.75, 3.05) is 56.0 Å². The monoisotopic (exact) mass is 617 g/mol. The van der Waals surface area contributed by atoms with E-state index in [1.54, 1.807) is 13.0 Å². The molecule has 2 amide bonds. The number of carbonyl (C=O) groups excluding carboxylic acids is 2. The lowest BCUT2D eigenvalue weighted by Gasteiger charge is -2.35. The molecule has 1 aliphatic carbocycles. The number of anilines is 2. The molecule has 12 nitrogen and oxygen atoms in total. The molecule has 4 heterocycles. The molecule has 3 N–H and O–H groups in total. The zero-order valence-corrected chi connectivity index (χ0v) is 26.1. The number of aliphatic hydroxyl groups is 1. The summed E-state index contributed by atoms with van der Waals surface area (Å²) >= 11 is 0. The number of pyridine rings is 1. The van der Waals surface area contributed by atoms with Gasteiger partial charge in [0.15, 0.2) is 12.2 Å². The number of fused-ring (bicyclic) bond motifs is 1. The van der Waals surface area contributed by atoms with Gasteiger partial charge in [0.25, 0.3) is 5.91 Å². The fourth-order valence-corrected chi connectivity index (χ4v) is 6.02. The van der Waals surface area contributed by atoms with Crippen LogP contribution in [0.1, 0.15) is 59.1 Å². The number of aliphatic hydroxyl groups excluding tert-OH is 1. The Morgan fingerprint density at radius 1 is 1.11 bits per heavy atom. The van der Waals surface area contributed by atoms with Gasteiger partial charge in [0.2, 0.25) is 5.91 Å². The Morgan fingerprint density at radius 2 is 1.93 bits per heavy atom. The van der Waals surface area contributed by atoms with Crippen LogP contribution in [0.3, 0.4) is 0 Å². The van der Waals surface area contributed by atoms with Crippen LogP contribution in [-0.2, 0) is 24.4 Å². The van der Waals surface area contributed by atoms with Gasteiger partial charge >= 0.3 is 0 Å². The van der Waals surface area contributed by atoms with Gasteiger partial charge in [-0.25, -0.2) is 9.97 Å². The van der Waals surface area contributed by atoms with Crippen LogP contribution in [0.5, 0.6) is 5.75 Å². The van der Waals surface area contributed by atoms with Crippen LogP contribution in [0.2, 0.25) is 0 Å². The van der Waals surface area contributed by atoms with Gasteiger partial charge in [-0.15, -0.1) is 0 Å². The summed E-state index contributed by atoms with van der Waals surface area (Å²) in [4.78, 5) is 40.2. The molecule has 1 saturated carbocycles. The average Bonchev–Trinajstić information content (AvgIpc) is 3.44. The molecule has 0 spiro atoms. The average molecular weight is 618 g/mol. The minimum Gasteiger partial charge on any atom is -0.486 e. The number of hydrogen-bond donors (Lipinski definition) is 3. The fourth-order valence-electron chi connectivity index (χ4n) is 6.02. The summed E-state index contributed by atoms with van der Waals surface area (Å²) in [5, 5.41) is 17.3.